The SMILES string of the molecule is CC(C)(O)C(=O)N1C[C@@H]2C[C@H]1CN2CCOc1ccc(Oc2nc3ccccc3s2)cc1. The second kappa shape index (κ2) is 8.35. The normalized spacial score (nSPS) is 20.8. The average molecular weight is 454 g/mol. The maximum absolute atomic E-state index is 12.4. The molecule has 3 heterocycles. The summed E-state index contributed by atoms with van der Waals surface area (Å²) in [5.74, 6) is 1.35. The molecule has 1 amide bonds. The van der Waals surface area contributed by atoms with Gasteiger partial charge in [-0.2, -0.15) is 0 Å². The van der Waals surface area contributed by atoms with Gasteiger partial charge in [0.15, 0.2) is 0 Å². The Morgan fingerprint density at radius 3 is 2.56 bits per heavy atom. The highest BCUT2D eigenvalue weighted by Gasteiger charge is 2.47. The van der Waals surface area contributed by atoms with Crippen molar-refractivity contribution < 1.29 is 19.4 Å². The second-order valence-corrected chi connectivity index (χ2v) is 9.92. The van der Waals surface area contributed by atoms with Gasteiger partial charge in [0.1, 0.15) is 23.7 Å². The fourth-order valence-corrected chi connectivity index (χ4v) is 5.34. The molecule has 2 fully saturated rings. The predicted octanol–water partition coefficient (Wildman–Crippen LogP) is 3.52. The molecule has 2 aromatic carbocycles. The number of rotatable bonds is 7. The number of hydrogen-bond donors (Lipinski definition) is 1. The van der Waals surface area contributed by atoms with Crippen molar-refractivity contribution >= 4 is 27.5 Å². The summed E-state index contributed by atoms with van der Waals surface area (Å²) < 4.78 is 12.9. The summed E-state index contributed by atoms with van der Waals surface area (Å²) in [5.41, 5.74) is -0.364. The molecule has 2 saturated heterocycles. The first kappa shape index (κ1) is 21.2. The van der Waals surface area contributed by atoms with Crippen LogP contribution in [-0.2, 0) is 4.79 Å². The maximum atomic E-state index is 12.4. The van der Waals surface area contributed by atoms with Gasteiger partial charge in [-0.25, -0.2) is 4.98 Å². The molecule has 0 unspecified atom stereocenters. The molecule has 0 spiro atoms. The van der Waals surface area contributed by atoms with E-state index in [1.807, 2.05) is 53.4 Å². The molecular formula is C24H27N3O4S. The molecule has 1 aromatic heterocycles. The van der Waals surface area contributed by atoms with Gasteiger partial charge in [-0.3, -0.25) is 9.69 Å². The number of para-hydroxylation sites is 1. The molecule has 0 radical (unpaired) electrons. The summed E-state index contributed by atoms with van der Waals surface area (Å²) in [5, 5.41) is 10.6. The van der Waals surface area contributed by atoms with Crippen molar-refractivity contribution in [1.82, 2.24) is 14.8 Å². The lowest BCUT2D eigenvalue weighted by atomic mass is 10.1. The quantitative estimate of drug-likeness (QED) is 0.590. The Labute approximate surface area is 191 Å². The molecule has 8 heteroatoms. The summed E-state index contributed by atoms with van der Waals surface area (Å²) in [4.78, 5) is 21.1. The Hall–Kier alpha value is -2.68. The number of aliphatic hydroxyl groups is 1. The van der Waals surface area contributed by atoms with Crippen LogP contribution in [0.1, 0.15) is 20.3 Å². The summed E-state index contributed by atoms with van der Waals surface area (Å²) in [7, 11) is 0. The van der Waals surface area contributed by atoms with Gasteiger partial charge in [0.05, 0.1) is 10.2 Å². The lowest BCUT2D eigenvalue weighted by molar-refractivity contribution is -0.150. The third-order valence-corrected chi connectivity index (χ3v) is 7.00. The molecule has 2 aliphatic heterocycles. The molecule has 7 nitrogen and oxygen atoms in total. The fourth-order valence-electron chi connectivity index (χ4n) is 4.50. The van der Waals surface area contributed by atoms with Crippen molar-refractivity contribution in [1.29, 1.82) is 0 Å². The minimum atomic E-state index is -1.30. The standard InChI is InChI=1S/C24H27N3O4S/c1-24(2,29)22(28)27-15-16-13-17(27)14-26(16)11-12-30-18-7-9-19(10-8-18)31-23-25-20-5-3-4-6-21(20)32-23/h3-10,16-17,29H,11-15H2,1-2H3/t16-,17-/m0/s1. The van der Waals surface area contributed by atoms with Gasteiger partial charge in [0.2, 0.25) is 0 Å². The minimum Gasteiger partial charge on any atom is -0.492 e. The number of likely N-dealkylation sites (tertiary alicyclic amines) is 2. The number of piperazine rings is 1. The van der Waals surface area contributed by atoms with Gasteiger partial charge in [-0.15, -0.1) is 0 Å². The number of fused-ring (bicyclic) bond motifs is 3. The Morgan fingerprint density at radius 2 is 1.88 bits per heavy atom. The van der Waals surface area contributed by atoms with Crippen LogP contribution in [0.3, 0.4) is 0 Å². The zero-order chi connectivity index (χ0) is 22.3. The number of aromatic nitrogens is 1. The molecule has 0 saturated carbocycles. The zero-order valence-electron chi connectivity index (χ0n) is 18.2. The van der Waals surface area contributed by atoms with Crippen molar-refractivity contribution in [3.05, 3.63) is 48.5 Å². The van der Waals surface area contributed by atoms with Gasteiger partial charge >= 0.3 is 0 Å². The van der Waals surface area contributed by atoms with Crippen LogP contribution in [0.25, 0.3) is 10.2 Å². The van der Waals surface area contributed by atoms with Crippen LogP contribution in [0.2, 0.25) is 0 Å². The van der Waals surface area contributed by atoms with Gasteiger partial charge in [-0.05, 0) is 56.7 Å². The van der Waals surface area contributed by atoms with Crippen molar-refractivity contribution in [3.63, 3.8) is 0 Å². The summed E-state index contributed by atoms with van der Waals surface area (Å²) in [6, 6.07) is 16.1. The van der Waals surface area contributed by atoms with Gasteiger partial charge < -0.3 is 19.5 Å². The van der Waals surface area contributed by atoms with Crippen molar-refractivity contribution in [3.8, 4) is 16.7 Å². The number of carbonyl (C=O) groups is 1. The van der Waals surface area contributed by atoms with Crippen molar-refractivity contribution in [2.45, 2.75) is 38.0 Å². The number of benzene rings is 2. The number of thiazole rings is 1. The van der Waals surface area contributed by atoms with E-state index in [1.54, 1.807) is 13.8 Å². The summed E-state index contributed by atoms with van der Waals surface area (Å²) >= 11 is 1.52. The van der Waals surface area contributed by atoms with Crippen molar-refractivity contribution in [2.24, 2.45) is 0 Å². The second-order valence-electron chi connectivity index (χ2n) is 8.92. The highest BCUT2D eigenvalue weighted by atomic mass is 32.1. The first-order chi connectivity index (χ1) is 15.4. The number of carbonyl (C=O) groups excluding carboxylic acids is 1. The van der Waals surface area contributed by atoms with E-state index in [0.29, 0.717) is 24.4 Å². The van der Waals surface area contributed by atoms with E-state index in [-0.39, 0.29) is 11.9 Å². The first-order valence-electron chi connectivity index (χ1n) is 10.9. The van der Waals surface area contributed by atoms with E-state index in [2.05, 4.69) is 9.88 Å². The number of amides is 1. The molecule has 3 aromatic rings. The number of hydrogen-bond acceptors (Lipinski definition) is 7. The lowest BCUT2D eigenvalue weighted by Crippen LogP contribution is -2.54. The molecule has 2 aliphatic rings. The molecule has 0 aliphatic carbocycles. The third kappa shape index (κ3) is 4.30. The smallest absolute Gasteiger partial charge is 0.279 e. The Kier molecular flexibility index (Phi) is 5.53. The Balaban J connectivity index is 1.09. The van der Waals surface area contributed by atoms with E-state index in [9.17, 15) is 9.90 Å². The van der Waals surface area contributed by atoms with Crippen LogP contribution >= 0.6 is 11.3 Å². The van der Waals surface area contributed by atoms with Gasteiger partial charge in [0, 0.05) is 31.7 Å². The molecule has 2 atom stereocenters. The van der Waals surface area contributed by atoms with Crippen LogP contribution in [0.5, 0.6) is 16.7 Å². The summed E-state index contributed by atoms with van der Waals surface area (Å²) in [6.07, 6.45) is 0.972. The maximum Gasteiger partial charge on any atom is 0.279 e. The highest BCUT2D eigenvalue weighted by Crippen LogP contribution is 2.33. The van der Waals surface area contributed by atoms with Crippen LogP contribution in [0.4, 0.5) is 0 Å². The summed E-state index contributed by atoms with van der Waals surface area (Å²) in [6.45, 7) is 6.04. The molecule has 32 heavy (non-hydrogen) atoms. The van der Waals surface area contributed by atoms with Crippen molar-refractivity contribution in [2.75, 3.05) is 26.2 Å². The lowest BCUT2D eigenvalue weighted by Gasteiger charge is -2.36. The fraction of sp³-hybridized carbons (Fsp3) is 0.417. The first-order valence-corrected chi connectivity index (χ1v) is 11.7. The monoisotopic (exact) mass is 453 g/mol. The predicted molar refractivity (Wildman–Crippen MR) is 123 cm³/mol. The number of nitrogens with zero attached hydrogens (tertiary/aromatic N) is 3. The largest absolute Gasteiger partial charge is 0.492 e. The van der Waals surface area contributed by atoms with E-state index in [4.69, 9.17) is 9.47 Å². The van der Waals surface area contributed by atoms with Crippen LogP contribution in [0, 0.1) is 0 Å². The zero-order valence-corrected chi connectivity index (χ0v) is 19.0. The van der Waals surface area contributed by atoms with Gasteiger partial charge in [-0.1, -0.05) is 23.5 Å². The number of ether oxygens (including phenoxy) is 2. The molecule has 5 rings (SSSR count). The van der Waals surface area contributed by atoms with E-state index in [0.717, 1.165) is 41.2 Å². The van der Waals surface area contributed by atoms with Gasteiger partial charge in [0.25, 0.3) is 11.1 Å². The Bertz CT molecular complexity index is 1080. The van der Waals surface area contributed by atoms with Crippen LogP contribution < -0.4 is 9.47 Å². The Morgan fingerprint density at radius 1 is 1.12 bits per heavy atom. The molecular weight excluding hydrogens is 426 g/mol. The van der Waals surface area contributed by atoms with Crippen LogP contribution in [-0.4, -0.2) is 69.7 Å². The van der Waals surface area contributed by atoms with E-state index < -0.39 is 5.60 Å². The average Bonchev–Trinajstić information content (AvgIpc) is 3.47. The molecule has 2 bridgehead atoms. The van der Waals surface area contributed by atoms with Crippen LogP contribution in [0.15, 0.2) is 48.5 Å². The third-order valence-electron chi connectivity index (χ3n) is 6.09. The highest BCUT2D eigenvalue weighted by molar-refractivity contribution is 7.20. The van der Waals surface area contributed by atoms with E-state index >= 15 is 0 Å². The van der Waals surface area contributed by atoms with E-state index in [1.165, 1.54) is 11.3 Å². The molecule has 168 valence electrons. The minimum absolute atomic E-state index is 0.172. The molecule has 1 N–H and O–H groups in total. The topological polar surface area (TPSA) is 75.1 Å².